The predicted octanol–water partition coefficient (Wildman–Crippen LogP) is 1.95. The van der Waals surface area contributed by atoms with E-state index >= 15 is 0 Å². The predicted molar refractivity (Wildman–Crippen MR) is 71.3 cm³/mol. The summed E-state index contributed by atoms with van der Waals surface area (Å²) in [6.07, 6.45) is 3.47. The molecule has 6 heteroatoms. The van der Waals surface area contributed by atoms with Gasteiger partial charge in [0, 0.05) is 38.0 Å². The zero-order chi connectivity index (χ0) is 14.4. The number of hydrogen-bond donors (Lipinski definition) is 1. The summed E-state index contributed by atoms with van der Waals surface area (Å²) in [6, 6.07) is 3.59. The lowest BCUT2D eigenvalue weighted by Crippen LogP contribution is -2.18. The van der Waals surface area contributed by atoms with Gasteiger partial charge in [0.15, 0.2) is 0 Å². The Kier molecular flexibility index (Phi) is 5.20. The van der Waals surface area contributed by atoms with Gasteiger partial charge in [0.05, 0.1) is 25.2 Å². The number of nitrogens with one attached hydrogen (secondary N) is 1. The minimum absolute atomic E-state index is 0.331. The SMILES string of the molecule is COCCNCc1cn(Cc2ccc(F)cc2F)cn1. The van der Waals surface area contributed by atoms with Gasteiger partial charge < -0.3 is 14.6 Å². The van der Waals surface area contributed by atoms with Crippen LogP contribution < -0.4 is 5.32 Å². The lowest BCUT2D eigenvalue weighted by atomic mass is 10.2. The summed E-state index contributed by atoms with van der Waals surface area (Å²) < 4.78 is 33.0. The smallest absolute Gasteiger partial charge is 0.131 e. The van der Waals surface area contributed by atoms with E-state index in [1.807, 2.05) is 6.20 Å². The van der Waals surface area contributed by atoms with Crippen LogP contribution in [0.4, 0.5) is 8.78 Å². The Morgan fingerprint density at radius 2 is 2.20 bits per heavy atom. The van der Waals surface area contributed by atoms with Crippen molar-refractivity contribution < 1.29 is 13.5 Å². The molecule has 0 fully saturated rings. The maximum absolute atomic E-state index is 13.5. The Hall–Kier alpha value is -1.79. The molecular weight excluding hydrogens is 264 g/mol. The third-order valence-corrected chi connectivity index (χ3v) is 2.84. The molecule has 20 heavy (non-hydrogen) atoms. The molecular formula is C14H17F2N3O. The second kappa shape index (κ2) is 7.12. The maximum Gasteiger partial charge on any atom is 0.131 e. The number of aromatic nitrogens is 2. The fourth-order valence-corrected chi connectivity index (χ4v) is 1.82. The number of methoxy groups -OCH3 is 1. The molecule has 2 aromatic rings. The second-order valence-corrected chi connectivity index (χ2v) is 4.44. The van der Waals surface area contributed by atoms with Crippen LogP contribution in [0.1, 0.15) is 11.3 Å². The molecule has 0 radical (unpaired) electrons. The molecule has 0 amide bonds. The van der Waals surface area contributed by atoms with Crippen molar-refractivity contribution in [3.63, 3.8) is 0 Å². The molecule has 1 heterocycles. The molecule has 1 aromatic carbocycles. The van der Waals surface area contributed by atoms with Gasteiger partial charge in [-0.2, -0.15) is 0 Å². The molecule has 0 bridgehead atoms. The minimum atomic E-state index is -0.570. The molecule has 0 saturated carbocycles. The molecule has 4 nitrogen and oxygen atoms in total. The van der Waals surface area contributed by atoms with Gasteiger partial charge in [0.25, 0.3) is 0 Å². The van der Waals surface area contributed by atoms with E-state index in [1.54, 1.807) is 18.0 Å². The number of ether oxygens (including phenoxy) is 1. The first-order valence-electron chi connectivity index (χ1n) is 6.33. The topological polar surface area (TPSA) is 39.1 Å². The highest BCUT2D eigenvalue weighted by molar-refractivity contribution is 5.19. The Morgan fingerprint density at radius 1 is 1.35 bits per heavy atom. The summed E-state index contributed by atoms with van der Waals surface area (Å²) >= 11 is 0. The van der Waals surface area contributed by atoms with Gasteiger partial charge in [-0.3, -0.25) is 0 Å². The Bertz CT molecular complexity index is 557. The van der Waals surface area contributed by atoms with E-state index < -0.39 is 11.6 Å². The zero-order valence-corrected chi connectivity index (χ0v) is 11.3. The van der Waals surface area contributed by atoms with Crippen molar-refractivity contribution in [3.8, 4) is 0 Å². The van der Waals surface area contributed by atoms with E-state index in [4.69, 9.17) is 4.74 Å². The van der Waals surface area contributed by atoms with Crippen LogP contribution in [0.3, 0.4) is 0 Å². The highest BCUT2D eigenvalue weighted by Crippen LogP contribution is 2.11. The third kappa shape index (κ3) is 4.11. The van der Waals surface area contributed by atoms with Crippen molar-refractivity contribution in [3.05, 3.63) is 53.6 Å². The van der Waals surface area contributed by atoms with Crippen LogP contribution in [-0.4, -0.2) is 29.8 Å². The molecule has 0 aliphatic heterocycles. The largest absolute Gasteiger partial charge is 0.383 e. The van der Waals surface area contributed by atoms with Crippen LogP contribution in [0, 0.1) is 11.6 Å². The summed E-state index contributed by atoms with van der Waals surface area (Å²) in [5.74, 6) is -1.11. The van der Waals surface area contributed by atoms with E-state index in [1.165, 1.54) is 12.1 Å². The molecule has 108 valence electrons. The highest BCUT2D eigenvalue weighted by atomic mass is 19.1. The Balaban J connectivity index is 1.92. The molecule has 0 aliphatic rings. The Morgan fingerprint density at radius 3 is 2.95 bits per heavy atom. The van der Waals surface area contributed by atoms with Gasteiger partial charge in [-0.25, -0.2) is 13.8 Å². The highest BCUT2D eigenvalue weighted by Gasteiger charge is 2.05. The van der Waals surface area contributed by atoms with Crippen LogP contribution in [0.15, 0.2) is 30.7 Å². The van der Waals surface area contributed by atoms with Crippen molar-refractivity contribution in [2.24, 2.45) is 0 Å². The second-order valence-electron chi connectivity index (χ2n) is 4.44. The Labute approximate surface area is 116 Å². The monoisotopic (exact) mass is 281 g/mol. The number of imidazole rings is 1. The summed E-state index contributed by atoms with van der Waals surface area (Å²) in [4.78, 5) is 4.22. The molecule has 1 N–H and O–H groups in total. The quantitative estimate of drug-likeness (QED) is 0.788. The van der Waals surface area contributed by atoms with E-state index in [9.17, 15) is 8.78 Å². The molecule has 0 unspecified atom stereocenters. The lowest BCUT2D eigenvalue weighted by Gasteiger charge is -2.04. The summed E-state index contributed by atoms with van der Waals surface area (Å²) in [7, 11) is 1.65. The zero-order valence-electron chi connectivity index (χ0n) is 11.3. The molecule has 0 atom stereocenters. The first-order valence-corrected chi connectivity index (χ1v) is 6.33. The van der Waals surface area contributed by atoms with Crippen LogP contribution in [0.25, 0.3) is 0 Å². The van der Waals surface area contributed by atoms with E-state index in [2.05, 4.69) is 10.3 Å². The van der Waals surface area contributed by atoms with Gasteiger partial charge in [0.2, 0.25) is 0 Å². The normalized spacial score (nSPS) is 10.9. The van der Waals surface area contributed by atoms with Gasteiger partial charge in [-0.05, 0) is 6.07 Å². The van der Waals surface area contributed by atoms with Crippen molar-refractivity contribution in [1.82, 2.24) is 14.9 Å². The van der Waals surface area contributed by atoms with Gasteiger partial charge >= 0.3 is 0 Å². The average molecular weight is 281 g/mol. The lowest BCUT2D eigenvalue weighted by molar-refractivity contribution is 0.199. The van der Waals surface area contributed by atoms with Gasteiger partial charge in [-0.1, -0.05) is 6.07 Å². The summed E-state index contributed by atoms with van der Waals surface area (Å²) in [6.45, 7) is 2.34. The van der Waals surface area contributed by atoms with Crippen LogP contribution in [0.2, 0.25) is 0 Å². The number of hydrogen-bond acceptors (Lipinski definition) is 3. The molecule has 0 aliphatic carbocycles. The number of benzene rings is 1. The third-order valence-electron chi connectivity index (χ3n) is 2.84. The van der Waals surface area contributed by atoms with Crippen molar-refractivity contribution >= 4 is 0 Å². The minimum Gasteiger partial charge on any atom is -0.383 e. The number of halogens is 2. The average Bonchev–Trinajstić information content (AvgIpc) is 2.86. The fourth-order valence-electron chi connectivity index (χ4n) is 1.82. The van der Waals surface area contributed by atoms with Gasteiger partial charge in [0.1, 0.15) is 11.6 Å². The van der Waals surface area contributed by atoms with E-state index in [0.29, 0.717) is 25.3 Å². The fraction of sp³-hybridized carbons (Fsp3) is 0.357. The van der Waals surface area contributed by atoms with Crippen LogP contribution in [0.5, 0.6) is 0 Å². The first kappa shape index (κ1) is 14.6. The standard InChI is InChI=1S/C14H17F2N3O/c1-20-5-4-17-7-13-9-19(10-18-13)8-11-2-3-12(15)6-14(11)16/h2-3,6,9-10,17H,4-5,7-8H2,1H3. The van der Waals surface area contributed by atoms with Crippen LogP contribution >= 0.6 is 0 Å². The maximum atomic E-state index is 13.5. The molecule has 2 rings (SSSR count). The van der Waals surface area contributed by atoms with Crippen LogP contribution in [-0.2, 0) is 17.8 Å². The van der Waals surface area contributed by atoms with Gasteiger partial charge in [-0.15, -0.1) is 0 Å². The van der Waals surface area contributed by atoms with Crippen molar-refractivity contribution in [2.45, 2.75) is 13.1 Å². The molecule has 1 aromatic heterocycles. The molecule has 0 saturated heterocycles. The number of rotatable bonds is 7. The number of nitrogens with zero attached hydrogens (tertiary/aromatic N) is 2. The summed E-state index contributed by atoms with van der Waals surface area (Å²) in [5, 5.41) is 3.17. The van der Waals surface area contributed by atoms with E-state index in [0.717, 1.165) is 18.3 Å². The van der Waals surface area contributed by atoms with Crippen molar-refractivity contribution in [2.75, 3.05) is 20.3 Å². The first-order chi connectivity index (χ1) is 9.69. The summed E-state index contributed by atoms with van der Waals surface area (Å²) in [5.41, 5.74) is 1.30. The van der Waals surface area contributed by atoms with Crippen molar-refractivity contribution in [1.29, 1.82) is 0 Å². The molecule has 0 spiro atoms. The van der Waals surface area contributed by atoms with E-state index in [-0.39, 0.29) is 0 Å².